The molecule has 4 rings (SSSR count). The van der Waals surface area contributed by atoms with E-state index in [9.17, 15) is 8.42 Å². The third kappa shape index (κ3) is 4.71. The molecule has 0 spiro atoms. The highest BCUT2D eigenvalue weighted by Gasteiger charge is 2.26. The van der Waals surface area contributed by atoms with Crippen LogP contribution in [0.1, 0.15) is 31.4 Å². The summed E-state index contributed by atoms with van der Waals surface area (Å²) in [5.41, 5.74) is 1.07. The van der Waals surface area contributed by atoms with Crippen molar-refractivity contribution in [2.75, 3.05) is 39.5 Å². The standard InChI is InChI=1S/C22H28N2O5S/c1-2-27-18-7-5-17(6-8-18)20(24-11-3-4-12-24)16-23-30(25,26)19-9-10-21-22(15-19)29-14-13-28-21/h5-10,15,20,23H,2-4,11-14,16H2,1H3/t20-/m1/s1. The average molecular weight is 433 g/mol. The summed E-state index contributed by atoms with van der Waals surface area (Å²) in [4.78, 5) is 2.51. The zero-order chi connectivity index (χ0) is 21.0. The maximum atomic E-state index is 13.0. The molecule has 0 aliphatic carbocycles. The highest BCUT2D eigenvalue weighted by molar-refractivity contribution is 7.89. The van der Waals surface area contributed by atoms with E-state index < -0.39 is 10.0 Å². The molecular formula is C22H28N2O5S. The van der Waals surface area contributed by atoms with Crippen molar-refractivity contribution in [3.63, 3.8) is 0 Å². The lowest BCUT2D eigenvalue weighted by Crippen LogP contribution is -2.36. The van der Waals surface area contributed by atoms with Gasteiger partial charge in [0.2, 0.25) is 10.0 Å². The molecule has 1 saturated heterocycles. The third-order valence-corrected chi connectivity index (χ3v) is 6.87. The van der Waals surface area contributed by atoms with Crippen LogP contribution in [0.25, 0.3) is 0 Å². The van der Waals surface area contributed by atoms with Crippen molar-refractivity contribution in [3.8, 4) is 17.2 Å². The van der Waals surface area contributed by atoms with Gasteiger partial charge in [-0.1, -0.05) is 12.1 Å². The molecule has 8 heteroatoms. The largest absolute Gasteiger partial charge is 0.494 e. The fraction of sp³-hybridized carbons (Fsp3) is 0.455. The molecule has 2 heterocycles. The summed E-state index contributed by atoms with van der Waals surface area (Å²) in [5, 5.41) is 0. The highest BCUT2D eigenvalue weighted by Crippen LogP contribution is 2.32. The van der Waals surface area contributed by atoms with Crippen LogP contribution in [0.5, 0.6) is 17.2 Å². The topological polar surface area (TPSA) is 77.1 Å². The summed E-state index contributed by atoms with van der Waals surface area (Å²) in [6.45, 7) is 5.67. The number of fused-ring (bicyclic) bond motifs is 1. The molecule has 7 nitrogen and oxygen atoms in total. The van der Waals surface area contributed by atoms with Crippen molar-refractivity contribution in [1.82, 2.24) is 9.62 Å². The first-order valence-corrected chi connectivity index (χ1v) is 11.9. The Labute approximate surface area is 178 Å². The minimum atomic E-state index is -3.68. The minimum absolute atomic E-state index is 0.0323. The molecule has 30 heavy (non-hydrogen) atoms. The first kappa shape index (κ1) is 21.0. The quantitative estimate of drug-likeness (QED) is 0.691. The molecule has 0 saturated carbocycles. The van der Waals surface area contributed by atoms with Crippen LogP contribution in [0.2, 0.25) is 0 Å². The Morgan fingerprint density at radius 1 is 1.03 bits per heavy atom. The number of benzene rings is 2. The molecule has 2 aliphatic rings. The van der Waals surface area contributed by atoms with Gasteiger partial charge in [-0.2, -0.15) is 0 Å². The first-order valence-electron chi connectivity index (χ1n) is 10.4. The van der Waals surface area contributed by atoms with E-state index in [4.69, 9.17) is 14.2 Å². The van der Waals surface area contributed by atoms with Crippen LogP contribution in [0.3, 0.4) is 0 Å². The van der Waals surface area contributed by atoms with E-state index in [-0.39, 0.29) is 10.9 Å². The number of nitrogens with zero attached hydrogens (tertiary/aromatic N) is 1. The van der Waals surface area contributed by atoms with Gasteiger partial charge in [0.1, 0.15) is 19.0 Å². The summed E-state index contributed by atoms with van der Waals surface area (Å²) in [7, 11) is -3.68. The van der Waals surface area contributed by atoms with Gasteiger partial charge < -0.3 is 14.2 Å². The van der Waals surface area contributed by atoms with E-state index >= 15 is 0 Å². The van der Waals surface area contributed by atoms with Crippen LogP contribution < -0.4 is 18.9 Å². The molecule has 0 unspecified atom stereocenters. The predicted octanol–water partition coefficient (Wildman–Crippen LogP) is 2.97. The van der Waals surface area contributed by atoms with Gasteiger partial charge in [-0.15, -0.1) is 0 Å². The number of likely N-dealkylation sites (tertiary alicyclic amines) is 1. The number of nitrogens with one attached hydrogen (secondary N) is 1. The van der Waals surface area contributed by atoms with Gasteiger partial charge in [0.05, 0.1) is 11.5 Å². The van der Waals surface area contributed by atoms with Crippen molar-refractivity contribution in [2.45, 2.75) is 30.7 Å². The van der Waals surface area contributed by atoms with E-state index in [2.05, 4.69) is 9.62 Å². The Balaban J connectivity index is 1.51. The predicted molar refractivity (Wildman–Crippen MR) is 114 cm³/mol. The summed E-state index contributed by atoms with van der Waals surface area (Å²) < 4.78 is 45.3. The van der Waals surface area contributed by atoms with Crippen LogP contribution in [0.15, 0.2) is 47.4 Å². The fourth-order valence-electron chi connectivity index (χ4n) is 3.93. The Morgan fingerprint density at radius 3 is 2.43 bits per heavy atom. The van der Waals surface area contributed by atoms with Crippen LogP contribution in [0, 0.1) is 0 Å². The zero-order valence-electron chi connectivity index (χ0n) is 17.2. The van der Waals surface area contributed by atoms with Crippen LogP contribution in [-0.2, 0) is 10.0 Å². The SMILES string of the molecule is CCOc1ccc([C@@H](CNS(=O)(=O)c2ccc3c(c2)OCCO3)N2CCCC2)cc1. The maximum absolute atomic E-state index is 13.0. The minimum Gasteiger partial charge on any atom is -0.494 e. The van der Waals surface area contributed by atoms with Crippen molar-refractivity contribution in [3.05, 3.63) is 48.0 Å². The molecule has 1 fully saturated rings. The molecule has 1 atom stereocenters. The number of hydrogen-bond acceptors (Lipinski definition) is 6. The van der Waals surface area contributed by atoms with Gasteiger partial charge in [-0.3, -0.25) is 4.90 Å². The van der Waals surface area contributed by atoms with E-state index in [1.165, 1.54) is 6.07 Å². The Bertz CT molecular complexity index is 956. The third-order valence-electron chi connectivity index (χ3n) is 5.45. The normalized spacial score (nSPS) is 17.6. The van der Waals surface area contributed by atoms with Gasteiger partial charge in [-0.25, -0.2) is 13.1 Å². The summed E-state index contributed by atoms with van der Waals surface area (Å²) in [6, 6.07) is 12.6. The zero-order valence-corrected chi connectivity index (χ0v) is 18.0. The number of ether oxygens (including phenoxy) is 3. The number of hydrogen-bond donors (Lipinski definition) is 1. The fourth-order valence-corrected chi connectivity index (χ4v) is 4.98. The van der Waals surface area contributed by atoms with Crippen LogP contribution >= 0.6 is 0 Å². The average Bonchev–Trinajstić information content (AvgIpc) is 3.29. The molecular weight excluding hydrogens is 404 g/mol. The lowest BCUT2D eigenvalue weighted by atomic mass is 10.1. The van der Waals surface area contributed by atoms with Crippen molar-refractivity contribution >= 4 is 10.0 Å². The summed E-state index contributed by atoms with van der Waals surface area (Å²) >= 11 is 0. The highest BCUT2D eigenvalue weighted by atomic mass is 32.2. The Kier molecular flexibility index (Phi) is 6.46. The maximum Gasteiger partial charge on any atom is 0.240 e. The van der Waals surface area contributed by atoms with Crippen LogP contribution in [-0.4, -0.2) is 52.8 Å². The van der Waals surface area contributed by atoms with E-state index in [0.29, 0.717) is 37.9 Å². The first-order chi connectivity index (χ1) is 14.6. The second kappa shape index (κ2) is 9.24. The molecule has 0 aromatic heterocycles. The smallest absolute Gasteiger partial charge is 0.240 e. The molecule has 0 radical (unpaired) electrons. The molecule has 162 valence electrons. The summed E-state index contributed by atoms with van der Waals surface area (Å²) in [5.74, 6) is 1.86. The molecule has 2 aromatic carbocycles. The van der Waals surface area contributed by atoms with Crippen molar-refractivity contribution < 1.29 is 22.6 Å². The van der Waals surface area contributed by atoms with Crippen LogP contribution in [0.4, 0.5) is 0 Å². The molecule has 0 bridgehead atoms. The van der Waals surface area contributed by atoms with E-state index in [1.54, 1.807) is 12.1 Å². The monoisotopic (exact) mass is 432 g/mol. The Hall–Kier alpha value is -2.29. The van der Waals surface area contributed by atoms with E-state index in [0.717, 1.165) is 37.2 Å². The van der Waals surface area contributed by atoms with Gasteiger partial charge in [0, 0.05) is 18.7 Å². The van der Waals surface area contributed by atoms with Gasteiger partial charge in [0.25, 0.3) is 0 Å². The molecule has 1 N–H and O–H groups in total. The van der Waals surface area contributed by atoms with Gasteiger partial charge in [0.15, 0.2) is 11.5 Å². The second-order valence-corrected chi connectivity index (χ2v) is 9.19. The molecule has 2 aliphatic heterocycles. The number of sulfonamides is 1. The molecule has 2 aromatic rings. The van der Waals surface area contributed by atoms with Gasteiger partial charge in [-0.05, 0) is 62.7 Å². The summed E-state index contributed by atoms with van der Waals surface area (Å²) in [6.07, 6.45) is 2.25. The lowest BCUT2D eigenvalue weighted by Gasteiger charge is -2.28. The number of rotatable bonds is 8. The van der Waals surface area contributed by atoms with Gasteiger partial charge >= 0.3 is 0 Å². The lowest BCUT2D eigenvalue weighted by molar-refractivity contribution is 0.171. The second-order valence-electron chi connectivity index (χ2n) is 7.42. The van der Waals surface area contributed by atoms with E-state index in [1.807, 2.05) is 31.2 Å². The molecule has 0 amide bonds. The Morgan fingerprint density at radius 2 is 1.73 bits per heavy atom. The van der Waals surface area contributed by atoms with Crippen molar-refractivity contribution in [2.24, 2.45) is 0 Å². The van der Waals surface area contributed by atoms with Crippen molar-refractivity contribution in [1.29, 1.82) is 0 Å².